The van der Waals surface area contributed by atoms with Crippen LogP contribution in [0.2, 0.25) is 5.02 Å². The summed E-state index contributed by atoms with van der Waals surface area (Å²) in [6.07, 6.45) is 1.69. The van der Waals surface area contributed by atoms with Crippen LogP contribution in [-0.2, 0) is 9.59 Å². The number of rotatable bonds is 4. The third-order valence-corrected chi connectivity index (χ3v) is 7.02. The molecule has 1 saturated heterocycles. The number of likely N-dealkylation sites (N-methyl/N-ethyl adjacent to an activating group) is 1. The van der Waals surface area contributed by atoms with Crippen molar-refractivity contribution >= 4 is 52.5 Å². The van der Waals surface area contributed by atoms with E-state index in [0.717, 1.165) is 22.6 Å². The fourth-order valence-corrected chi connectivity index (χ4v) is 5.36. The van der Waals surface area contributed by atoms with Gasteiger partial charge in [0.2, 0.25) is 0 Å². The van der Waals surface area contributed by atoms with Crippen LogP contribution in [0.3, 0.4) is 0 Å². The first kappa shape index (κ1) is 24.9. The van der Waals surface area contributed by atoms with Crippen molar-refractivity contribution in [1.82, 2.24) is 9.47 Å². The Bertz CT molecular complexity index is 1380. The maximum atomic E-state index is 13.6. The first-order valence-corrected chi connectivity index (χ1v) is 12.3. The number of carbonyl (C=O) groups excluding carboxylic acids is 2. The Kier molecular flexibility index (Phi) is 6.71. The molecule has 0 unspecified atom stereocenters. The van der Waals surface area contributed by atoms with Gasteiger partial charge in [0.25, 0.3) is 11.8 Å². The average molecular weight is 506 g/mol. The minimum atomic E-state index is -0.445. The number of thiocarbonyl (C=S) groups is 1. The molecule has 0 atom stereocenters. The van der Waals surface area contributed by atoms with Crippen molar-refractivity contribution in [3.05, 3.63) is 86.7 Å². The number of aryl methyl sites for hydroxylation is 4. The molecule has 0 N–H and O–H groups in total. The molecule has 2 heterocycles. The first-order chi connectivity index (χ1) is 16.5. The van der Waals surface area contributed by atoms with Crippen molar-refractivity contribution in [2.75, 3.05) is 11.4 Å². The van der Waals surface area contributed by atoms with Crippen LogP contribution < -0.4 is 4.90 Å². The summed E-state index contributed by atoms with van der Waals surface area (Å²) in [5, 5.41) is 0.718. The molecule has 0 radical (unpaired) electrons. The lowest BCUT2D eigenvalue weighted by molar-refractivity contribution is -0.127. The Morgan fingerprint density at radius 1 is 0.914 bits per heavy atom. The zero-order valence-electron chi connectivity index (χ0n) is 20.8. The third-order valence-electron chi connectivity index (χ3n) is 6.36. The lowest BCUT2D eigenvalue weighted by Gasteiger charge is -2.36. The van der Waals surface area contributed by atoms with Gasteiger partial charge < -0.3 is 4.57 Å². The third kappa shape index (κ3) is 4.32. The molecule has 5 nitrogen and oxygen atoms in total. The number of nitrogens with zero attached hydrogens (tertiary/aromatic N) is 3. The molecule has 2 aromatic carbocycles. The summed E-state index contributed by atoms with van der Waals surface area (Å²) in [6.45, 7) is 12.5. The summed E-state index contributed by atoms with van der Waals surface area (Å²) in [6, 6.07) is 13.2. The summed E-state index contributed by atoms with van der Waals surface area (Å²) in [7, 11) is 0. The molecule has 180 valence electrons. The Hall–Kier alpha value is -3.22. The maximum absolute atomic E-state index is 13.6. The van der Waals surface area contributed by atoms with Gasteiger partial charge in [-0.05, 0) is 107 Å². The molecule has 0 bridgehead atoms. The van der Waals surface area contributed by atoms with E-state index < -0.39 is 5.91 Å². The second-order valence-corrected chi connectivity index (χ2v) is 9.72. The van der Waals surface area contributed by atoms with Gasteiger partial charge in [0, 0.05) is 23.0 Å². The molecule has 4 rings (SSSR count). The Morgan fingerprint density at radius 2 is 1.51 bits per heavy atom. The summed E-state index contributed by atoms with van der Waals surface area (Å²) in [4.78, 5) is 29.8. The standard InChI is InChI=1S/C28H28ClN3O2S/c1-7-30-26(33)24(27(34)32(28(30)35)23-10-8-22(29)9-11-23)15-21-14-19(5)31(20(21)6)25-17(3)12-16(2)13-18(25)4/h8-15H,7H2,1-6H3/b24-15+. The van der Waals surface area contributed by atoms with E-state index >= 15 is 0 Å². The molecule has 0 spiro atoms. The van der Waals surface area contributed by atoms with E-state index in [-0.39, 0.29) is 16.6 Å². The van der Waals surface area contributed by atoms with Crippen molar-refractivity contribution in [1.29, 1.82) is 0 Å². The van der Waals surface area contributed by atoms with Gasteiger partial charge in [-0.1, -0.05) is 29.3 Å². The van der Waals surface area contributed by atoms with Gasteiger partial charge in [0.1, 0.15) is 5.57 Å². The molecule has 2 amide bonds. The summed E-state index contributed by atoms with van der Waals surface area (Å²) < 4.78 is 2.19. The van der Waals surface area contributed by atoms with E-state index in [9.17, 15) is 9.59 Å². The number of hydrogen-bond acceptors (Lipinski definition) is 3. The minimum Gasteiger partial charge on any atom is -0.317 e. The molecule has 1 aliphatic rings. The zero-order valence-corrected chi connectivity index (χ0v) is 22.3. The highest BCUT2D eigenvalue weighted by Gasteiger charge is 2.39. The van der Waals surface area contributed by atoms with Crippen molar-refractivity contribution in [2.24, 2.45) is 0 Å². The van der Waals surface area contributed by atoms with Crippen LogP contribution in [0.25, 0.3) is 11.8 Å². The molecule has 3 aromatic rings. The maximum Gasteiger partial charge on any atom is 0.270 e. The fourth-order valence-electron chi connectivity index (χ4n) is 4.83. The van der Waals surface area contributed by atoms with Gasteiger partial charge in [0.15, 0.2) is 5.11 Å². The summed E-state index contributed by atoms with van der Waals surface area (Å²) in [5.74, 6) is -0.834. The van der Waals surface area contributed by atoms with Crippen LogP contribution in [0.1, 0.15) is 40.6 Å². The van der Waals surface area contributed by atoms with Crippen molar-refractivity contribution < 1.29 is 9.59 Å². The van der Waals surface area contributed by atoms with E-state index in [4.69, 9.17) is 23.8 Å². The molecule has 0 aliphatic carbocycles. The molecule has 7 heteroatoms. The van der Waals surface area contributed by atoms with Gasteiger partial charge in [-0.25, -0.2) is 0 Å². The first-order valence-electron chi connectivity index (χ1n) is 11.5. The second kappa shape index (κ2) is 9.44. The lowest BCUT2D eigenvalue weighted by Crippen LogP contribution is -2.56. The second-order valence-electron chi connectivity index (χ2n) is 8.92. The summed E-state index contributed by atoms with van der Waals surface area (Å²) >= 11 is 11.6. The number of carbonyl (C=O) groups is 2. The normalized spacial score (nSPS) is 15.5. The number of benzene rings is 2. The van der Waals surface area contributed by atoms with Gasteiger partial charge in [-0.2, -0.15) is 0 Å². The molecular formula is C28H28ClN3O2S. The minimum absolute atomic E-state index is 0.0769. The predicted molar refractivity (Wildman–Crippen MR) is 146 cm³/mol. The fraction of sp³-hybridized carbons (Fsp3) is 0.250. The number of anilines is 1. The molecule has 1 fully saturated rings. The average Bonchev–Trinajstić information content (AvgIpc) is 3.05. The highest BCUT2D eigenvalue weighted by atomic mass is 35.5. The van der Waals surface area contributed by atoms with Gasteiger partial charge in [-0.15, -0.1) is 0 Å². The van der Waals surface area contributed by atoms with E-state index in [0.29, 0.717) is 17.3 Å². The van der Waals surface area contributed by atoms with Crippen LogP contribution in [0.4, 0.5) is 5.69 Å². The quantitative estimate of drug-likeness (QED) is 0.239. The van der Waals surface area contributed by atoms with Crippen molar-refractivity contribution in [2.45, 2.75) is 41.5 Å². The van der Waals surface area contributed by atoms with E-state index in [2.05, 4.69) is 37.5 Å². The predicted octanol–water partition coefficient (Wildman–Crippen LogP) is 6.24. The van der Waals surface area contributed by atoms with Crippen LogP contribution in [0.15, 0.2) is 48.0 Å². The van der Waals surface area contributed by atoms with Crippen LogP contribution in [0.5, 0.6) is 0 Å². The molecule has 35 heavy (non-hydrogen) atoms. The van der Waals surface area contributed by atoms with Gasteiger partial charge in [-0.3, -0.25) is 19.4 Å². The highest BCUT2D eigenvalue weighted by molar-refractivity contribution is 7.80. The van der Waals surface area contributed by atoms with E-state index in [1.54, 1.807) is 30.3 Å². The molecule has 1 aliphatic heterocycles. The van der Waals surface area contributed by atoms with Crippen LogP contribution in [-0.4, -0.2) is 32.9 Å². The SMILES string of the molecule is CCN1C(=O)/C(=C\c2cc(C)n(-c3c(C)cc(C)cc3C)c2C)C(=O)N(c2ccc(Cl)cc2)C1=S. The Balaban J connectivity index is 1.85. The number of amides is 2. The van der Waals surface area contributed by atoms with Crippen molar-refractivity contribution in [3.63, 3.8) is 0 Å². The van der Waals surface area contributed by atoms with Crippen molar-refractivity contribution in [3.8, 4) is 5.69 Å². The van der Waals surface area contributed by atoms with Crippen LogP contribution in [0, 0.1) is 34.6 Å². The Labute approximate surface area is 216 Å². The molecule has 0 saturated carbocycles. The van der Waals surface area contributed by atoms with Crippen LogP contribution >= 0.6 is 23.8 Å². The number of hydrogen-bond donors (Lipinski definition) is 0. The highest BCUT2D eigenvalue weighted by Crippen LogP contribution is 2.31. The number of halogens is 1. The van der Waals surface area contributed by atoms with E-state index in [1.807, 2.05) is 26.8 Å². The Morgan fingerprint density at radius 3 is 2.09 bits per heavy atom. The van der Waals surface area contributed by atoms with E-state index in [1.165, 1.54) is 26.5 Å². The number of aromatic nitrogens is 1. The topological polar surface area (TPSA) is 45.6 Å². The smallest absolute Gasteiger partial charge is 0.270 e. The zero-order chi connectivity index (χ0) is 25.6. The lowest BCUT2D eigenvalue weighted by atomic mass is 10.0. The monoisotopic (exact) mass is 505 g/mol. The molecular weight excluding hydrogens is 478 g/mol. The molecule has 1 aromatic heterocycles. The largest absolute Gasteiger partial charge is 0.317 e. The van der Waals surface area contributed by atoms with Gasteiger partial charge >= 0.3 is 0 Å². The summed E-state index contributed by atoms with van der Waals surface area (Å²) in [5.41, 5.74) is 8.12. The van der Waals surface area contributed by atoms with Gasteiger partial charge in [0.05, 0.1) is 11.4 Å².